The zero-order valence-electron chi connectivity index (χ0n) is 18.2. The summed E-state index contributed by atoms with van der Waals surface area (Å²) in [5.74, 6) is 0.118. The minimum Gasteiger partial charge on any atom is -0.507 e. The smallest absolute Gasteiger partial charge is 0.416 e. The minimum absolute atomic E-state index is 0.0474. The summed E-state index contributed by atoms with van der Waals surface area (Å²) in [6.45, 7) is 6.70. The maximum absolute atomic E-state index is 12.8. The van der Waals surface area contributed by atoms with Crippen LogP contribution in [0, 0.1) is 6.92 Å². The molecule has 2 heterocycles. The van der Waals surface area contributed by atoms with Crippen LogP contribution in [0.25, 0.3) is 11.3 Å². The molecule has 1 aromatic heterocycles. The van der Waals surface area contributed by atoms with Crippen molar-refractivity contribution < 1.29 is 23.1 Å². The second-order valence-electron chi connectivity index (χ2n) is 7.98. The summed E-state index contributed by atoms with van der Waals surface area (Å²) in [5, 5.41) is 24.6. The zero-order valence-corrected chi connectivity index (χ0v) is 18.2. The van der Waals surface area contributed by atoms with Gasteiger partial charge in [0.15, 0.2) is 0 Å². The molecule has 1 aliphatic heterocycles. The fourth-order valence-corrected chi connectivity index (χ4v) is 3.86. The number of phenols is 1. The molecule has 0 radical (unpaired) electrons. The van der Waals surface area contributed by atoms with Crippen molar-refractivity contribution >= 4 is 11.7 Å². The van der Waals surface area contributed by atoms with Gasteiger partial charge in [-0.05, 0) is 63.1 Å². The number of aryl methyl sites for hydroxylation is 1. The number of aromatic hydroxyl groups is 1. The molecule has 1 aliphatic rings. The van der Waals surface area contributed by atoms with Gasteiger partial charge in [-0.15, -0.1) is 10.2 Å². The normalized spacial score (nSPS) is 17.2. The summed E-state index contributed by atoms with van der Waals surface area (Å²) in [6, 6.07) is 4.74. The highest BCUT2D eigenvalue weighted by Gasteiger charge is 2.31. The number of amides is 1. The first-order chi connectivity index (χ1) is 15.2. The van der Waals surface area contributed by atoms with Gasteiger partial charge in [-0.1, -0.05) is 0 Å². The number of phenolic OH excluding ortho intramolecular Hbond substituents is 1. The standard InChI is InChI=1S/C22H28F3N5O2/c1-3-26-20(32)8-10-30-9-4-5-16(13-30)27-19-11-14(2)21(29-28-19)17-7-6-15(12-18(17)31)22(23,24)25/h6-7,11-12,16,31H,3-5,8-10,13H2,1-2H3,(H,26,32)(H,27,28)/t16-/m1/s1. The number of hydrogen-bond donors (Lipinski definition) is 3. The van der Waals surface area contributed by atoms with Crippen molar-refractivity contribution in [3.8, 4) is 17.0 Å². The third kappa shape index (κ3) is 6.09. The van der Waals surface area contributed by atoms with Gasteiger partial charge in [-0.2, -0.15) is 13.2 Å². The van der Waals surface area contributed by atoms with Crippen molar-refractivity contribution in [3.05, 3.63) is 35.4 Å². The molecule has 32 heavy (non-hydrogen) atoms. The van der Waals surface area contributed by atoms with Gasteiger partial charge in [0.05, 0.1) is 11.3 Å². The van der Waals surface area contributed by atoms with Crippen molar-refractivity contribution in [2.75, 3.05) is 31.5 Å². The van der Waals surface area contributed by atoms with Gasteiger partial charge in [0.2, 0.25) is 5.91 Å². The van der Waals surface area contributed by atoms with E-state index >= 15 is 0 Å². The number of piperidine rings is 1. The number of nitrogens with one attached hydrogen (secondary N) is 2. The van der Waals surface area contributed by atoms with Gasteiger partial charge in [-0.3, -0.25) is 4.79 Å². The fourth-order valence-electron chi connectivity index (χ4n) is 3.86. The number of nitrogens with zero attached hydrogens (tertiary/aromatic N) is 3. The molecule has 174 valence electrons. The van der Waals surface area contributed by atoms with E-state index < -0.39 is 17.5 Å². The number of anilines is 1. The van der Waals surface area contributed by atoms with Crippen molar-refractivity contribution in [3.63, 3.8) is 0 Å². The summed E-state index contributed by atoms with van der Waals surface area (Å²) < 4.78 is 38.5. The molecule has 1 amide bonds. The Morgan fingerprint density at radius 3 is 2.72 bits per heavy atom. The molecule has 0 bridgehead atoms. The van der Waals surface area contributed by atoms with Gasteiger partial charge >= 0.3 is 6.18 Å². The molecular weight excluding hydrogens is 423 g/mol. The maximum Gasteiger partial charge on any atom is 0.416 e. The molecule has 2 aromatic rings. The number of carbonyl (C=O) groups excluding carboxylic acids is 1. The molecule has 3 rings (SSSR count). The molecule has 1 aromatic carbocycles. The summed E-state index contributed by atoms with van der Waals surface area (Å²) in [6.07, 6.45) is -2.11. The Morgan fingerprint density at radius 2 is 2.06 bits per heavy atom. The SMILES string of the molecule is CCNC(=O)CCN1CCC[C@@H](Nc2cc(C)c(-c3ccc(C(F)(F)F)cc3O)nn2)C1. The molecular formula is C22H28F3N5O2. The Kier molecular flexibility index (Phi) is 7.55. The average Bonchev–Trinajstić information content (AvgIpc) is 2.73. The Balaban J connectivity index is 1.65. The quantitative estimate of drug-likeness (QED) is 0.596. The number of aromatic nitrogens is 2. The highest BCUT2D eigenvalue weighted by atomic mass is 19.4. The van der Waals surface area contributed by atoms with E-state index in [1.54, 1.807) is 13.0 Å². The fraction of sp³-hybridized carbons (Fsp3) is 0.500. The van der Waals surface area contributed by atoms with Crippen molar-refractivity contribution in [1.29, 1.82) is 0 Å². The largest absolute Gasteiger partial charge is 0.507 e. The number of rotatable bonds is 7. The lowest BCUT2D eigenvalue weighted by molar-refractivity contribution is -0.137. The van der Waals surface area contributed by atoms with Crippen LogP contribution < -0.4 is 10.6 Å². The van der Waals surface area contributed by atoms with Crippen LogP contribution in [0.4, 0.5) is 19.0 Å². The Labute approximate surface area is 185 Å². The van der Waals surface area contributed by atoms with Crippen LogP contribution in [-0.4, -0.2) is 58.3 Å². The number of halogens is 3. The average molecular weight is 451 g/mol. The van der Waals surface area contributed by atoms with Crippen molar-refractivity contribution in [2.24, 2.45) is 0 Å². The molecule has 1 saturated heterocycles. The summed E-state index contributed by atoms with van der Waals surface area (Å²) >= 11 is 0. The molecule has 0 saturated carbocycles. The third-order valence-electron chi connectivity index (χ3n) is 5.45. The second-order valence-corrected chi connectivity index (χ2v) is 7.98. The molecule has 0 aliphatic carbocycles. The lowest BCUT2D eigenvalue weighted by Gasteiger charge is -2.33. The van der Waals surface area contributed by atoms with E-state index in [-0.39, 0.29) is 17.5 Å². The number of hydrogen-bond acceptors (Lipinski definition) is 6. The van der Waals surface area contributed by atoms with E-state index in [1.165, 1.54) is 6.07 Å². The minimum atomic E-state index is -4.53. The first kappa shape index (κ1) is 23.8. The van der Waals surface area contributed by atoms with Gasteiger partial charge in [-0.25, -0.2) is 0 Å². The molecule has 0 spiro atoms. The predicted octanol–water partition coefficient (Wildman–Crippen LogP) is 3.58. The second kappa shape index (κ2) is 10.2. The maximum atomic E-state index is 12.8. The first-order valence-corrected chi connectivity index (χ1v) is 10.7. The number of likely N-dealkylation sites (tertiary alicyclic amines) is 1. The highest BCUT2D eigenvalue weighted by molar-refractivity contribution is 5.76. The summed E-state index contributed by atoms with van der Waals surface area (Å²) in [4.78, 5) is 13.9. The number of alkyl halides is 3. The molecule has 0 unspecified atom stereocenters. The van der Waals surface area contributed by atoms with E-state index in [9.17, 15) is 23.1 Å². The molecule has 10 heteroatoms. The Bertz CT molecular complexity index is 952. The summed E-state index contributed by atoms with van der Waals surface area (Å²) in [5.41, 5.74) is 0.288. The van der Waals surface area contributed by atoms with E-state index in [4.69, 9.17) is 0 Å². The van der Waals surface area contributed by atoms with Crippen LogP contribution >= 0.6 is 0 Å². The number of carbonyl (C=O) groups is 1. The van der Waals surface area contributed by atoms with Crippen LogP contribution in [-0.2, 0) is 11.0 Å². The van der Waals surface area contributed by atoms with Crippen LogP contribution in [0.1, 0.15) is 37.3 Å². The van der Waals surface area contributed by atoms with Crippen LogP contribution in [0.2, 0.25) is 0 Å². The van der Waals surface area contributed by atoms with E-state index in [2.05, 4.69) is 25.7 Å². The van der Waals surface area contributed by atoms with Gasteiger partial charge < -0.3 is 20.6 Å². The zero-order chi connectivity index (χ0) is 23.3. The van der Waals surface area contributed by atoms with Gasteiger partial charge in [0.1, 0.15) is 11.6 Å². The van der Waals surface area contributed by atoms with Gasteiger partial charge in [0.25, 0.3) is 0 Å². The van der Waals surface area contributed by atoms with E-state index in [0.717, 1.165) is 32.0 Å². The van der Waals surface area contributed by atoms with Gasteiger partial charge in [0, 0.05) is 37.7 Å². The lowest BCUT2D eigenvalue weighted by atomic mass is 10.0. The summed E-state index contributed by atoms with van der Waals surface area (Å²) in [7, 11) is 0. The Morgan fingerprint density at radius 1 is 1.28 bits per heavy atom. The van der Waals surface area contributed by atoms with Crippen LogP contribution in [0.3, 0.4) is 0 Å². The third-order valence-corrected chi connectivity index (χ3v) is 5.45. The topological polar surface area (TPSA) is 90.4 Å². The van der Waals surface area contributed by atoms with Crippen LogP contribution in [0.15, 0.2) is 24.3 Å². The predicted molar refractivity (Wildman–Crippen MR) is 115 cm³/mol. The van der Waals surface area contributed by atoms with Crippen molar-refractivity contribution in [2.45, 2.75) is 45.3 Å². The number of benzene rings is 1. The van der Waals surface area contributed by atoms with E-state index in [0.29, 0.717) is 42.7 Å². The lowest BCUT2D eigenvalue weighted by Crippen LogP contribution is -2.43. The first-order valence-electron chi connectivity index (χ1n) is 10.7. The monoisotopic (exact) mass is 451 g/mol. The molecule has 1 fully saturated rings. The molecule has 7 nitrogen and oxygen atoms in total. The Hall–Kier alpha value is -2.88. The van der Waals surface area contributed by atoms with Crippen molar-refractivity contribution in [1.82, 2.24) is 20.4 Å². The molecule has 3 N–H and O–H groups in total. The van der Waals surface area contributed by atoms with Crippen LogP contribution in [0.5, 0.6) is 5.75 Å². The molecule has 1 atom stereocenters. The van der Waals surface area contributed by atoms with E-state index in [1.807, 2.05) is 6.92 Å². The highest BCUT2D eigenvalue weighted by Crippen LogP contribution is 2.36.